The highest BCUT2D eigenvalue weighted by Gasteiger charge is 2.15. The summed E-state index contributed by atoms with van der Waals surface area (Å²) in [5.41, 5.74) is 8.32. The van der Waals surface area contributed by atoms with Crippen LogP contribution in [-0.4, -0.2) is 18.9 Å². The van der Waals surface area contributed by atoms with E-state index in [4.69, 9.17) is 0 Å². The molecular weight excluding hydrogens is 456 g/mol. The van der Waals surface area contributed by atoms with Crippen LogP contribution in [0.2, 0.25) is 0 Å². The predicted molar refractivity (Wildman–Crippen MR) is 151 cm³/mol. The number of aromatic nitrogens is 4. The first kappa shape index (κ1) is 20.1. The lowest BCUT2D eigenvalue weighted by molar-refractivity contribution is 1.16. The van der Waals surface area contributed by atoms with Crippen LogP contribution in [0.4, 0.5) is 0 Å². The number of nitrogens with zero attached hydrogens (tertiary/aromatic N) is 3. The third-order valence-electron chi connectivity index (χ3n) is 7.30. The van der Waals surface area contributed by atoms with Crippen molar-refractivity contribution in [2.24, 2.45) is 0 Å². The molecule has 0 saturated heterocycles. The third kappa shape index (κ3) is 2.85. The fourth-order valence-electron chi connectivity index (χ4n) is 5.63. The lowest BCUT2D eigenvalue weighted by Crippen LogP contribution is -2.09. The van der Waals surface area contributed by atoms with E-state index < -0.39 is 0 Å². The number of fused-ring (bicyclic) bond motifs is 8. The summed E-state index contributed by atoms with van der Waals surface area (Å²) in [6, 6.07) is 39.7. The van der Waals surface area contributed by atoms with Crippen molar-refractivity contribution in [2.75, 3.05) is 0 Å². The van der Waals surface area contributed by atoms with E-state index in [1.165, 1.54) is 21.8 Å². The van der Waals surface area contributed by atoms with E-state index in [2.05, 4.69) is 99.5 Å². The molecule has 0 aliphatic carbocycles. The molecule has 0 aliphatic rings. The third-order valence-corrected chi connectivity index (χ3v) is 7.30. The topological polar surface area (TPSA) is 55.1 Å². The molecule has 0 saturated carbocycles. The van der Waals surface area contributed by atoms with Crippen molar-refractivity contribution in [2.45, 2.75) is 0 Å². The van der Waals surface area contributed by atoms with Crippen LogP contribution in [0.1, 0.15) is 0 Å². The van der Waals surface area contributed by atoms with Crippen LogP contribution in [0.15, 0.2) is 120 Å². The smallest absolute Gasteiger partial charge is 0.282 e. The molecule has 0 fully saturated rings. The van der Waals surface area contributed by atoms with Crippen molar-refractivity contribution in [1.29, 1.82) is 0 Å². The molecule has 5 heteroatoms. The number of rotatable bonds is 2. The van der Waals surface area contributed by atoms with E-state index in [0.717, 1.165) is 33.4 Å². The van der Waals surface area contributed by atoms with Gasteiger partial charge in [-0.25, -0.2) is 0 Å². The van der Waals surface area contributed by atoms with Crippen LogP contribution >= 0.6 is 0 Å². The zero-order valence-corrected chi connectivity index (χ0v) is 19.7. The average molecular weight is 477 g/mol. The predicted octanol–water partition coefficient (Wildman–Crippen LogP) is 7.09. The van der Waals surface area contributed by atoms with Gasteiger partial charge in [0, 0.05) is 16.5 Å². The van der Waals surface area contributed by atoms with Crippen LogP contribution in [0.3, 0.4) is 0 Å². The van der Waals surface area contributed by atoms with Crippen molar-refractivity contribution < 1.29 is 0 Å². The van der Waals surface area contributed by atoms with Gasteiger partial charge >= 0.3 is 0 Å². The van der Waals surface area contributed by atoms with Gasteiger partial charge in [-0.15, -0.1) is 0 Å². The summed E-state index contributed by atoms with van der Waals surface area (Å²) in [5.74, 6) is 0.553. The Morgan fingerprint density at radius 1 is 0.568 bits per heavy atom. The summed E-state index contributed by atoms with van der Waals surface area (Å²) >= 11 is 0. The van der Waals surface area contributed by atoms with E-state index >= 15 is 0 Å². The molecule has 0 atom stereocenters. The van der Waals surface area contributed by atoms with Gasteiger partial charge in [0.25, 0.3) is 5.56 Å². The summed E-state index contributed by atoms with van der Waals surface area (Å²) in [7, 11) is 0. The first-order valence-electron chi connectivity index (χ1n) is 12.3. The van der Waals surface area contributed by atoms with Gasteiger partial charge in [0.15, 0.2) is 0 Å². The van der Waals surface area contributed by atoms with Gasteiger partial charge in [0.1, 0.15) is 0 Å². The number of para-hydroxylation sites is 3. The molecule has 3 heterocycles. The normalized spacial score (nSPS) is 11.9. The molecule has 0 bridgehead atoms. The number of aromatic amines is 1. The van der Waals surface area contributed by atoms with Crippen LogP contribution in [-0.2, 0) is 0 Å². The molecule has 8 rings (SSSR count). The fourth-order valence-corrected chi connectivity index (χ4v) is 5.63. The molecule has 5 nitrogen and oxygen atoms in total. The Hall–Kier alpha value is -5.16. The molecule has 174 valence electrons. The number of hydrogen-bond acceptors (Lipinski definition) is 2. The summed E-state index contributed by atoms with van der Waals surface area (Å²) in [6.45, 7) is 0. The molecule has 0 radical (unpaired) electrons. The maximum Gasteiger partial charge on any atom is 0.282 e. The molecule has 0 aliphatic heterocycles. The Labute approximate surface area is 210 Å². The molecule has 1 N–H and O–H groups in total. The minimum absolute atomic E-state index is 0.220. The summed E-state index contributed by atoms with van der Waals surface area (Å²) in [6.07, 6.45) is 0. The van der Waals surface area contributed by atoms with Crippen LogP contribution < -0.4 is 5.56 Å². The van der Waals surface area contributed by atoms with Crippen LogP contribution in [0.5, 0.6) is 0 Å². The minimum Gasteiger partial charge on any atom is -0.323 e. The Morgan fingerprint density at radius 3 is 2.11 bits per heavy atom. The standard InChI is InChI=1S/C32H20N4O/c37-31-24-11-5-7-13-28(24)36-30-19-21(14-16-26(30)33-32(36)34-31)20-15-17-29-25(18-20)23-10-4-6-12-27(23)35(29)22-8-2-1-3-9-22/h1-19H,(H,33,34,37). The van der Waals surface area contributed by atoms with E-state index in [-0.39, 0.29) is 5.56 Å². The van der Waals surface area contributed by atoms with Gasteiger partial charge in [-0.05, 0) is 65.7 Å². The van der Waals surface area contributed by atoms with E-state index in [9.17, 15) is 4.79 Å². The number of imidazole rings is 1. The minimum atomic E-state index is -0.220. The van der Waals surface area contributed by atoms with Crippen LogP contribution in [0.25, 0.3) is 66.3 Å². The Bertz CT molecular complexity index is 2220. The van der Waals surface area contributed by atoms with Gasteiger partial charge < -0.3 is 9.55 Å². The maximum absolute atomic E-state index is 12.5. The van der Waals surface area contributed by atoms with Gasteiger partial charge in [0.05, 0.1) is 33.0 Å². The molecule has 5 aromatic carbocycles. The molecule has 0 spiro atoms. The van der Waals surface area contributed by atoms with Crippen molar-refractivity contribution in [3.05, 3.63) is 126 Å². The van der Waals surface area contributed by atoms with Gasteiger partial charge in [-0.1, -0.05) is 60.7 Å². The zero-order valence-electron chi connectivity index (χ0n) is 19.7. The largest absolute Gasteiger partial charge is 0.323 e. The molecule has 0 amide bonds. The second kappa shape index (κ2) is 7.42. The lowest BCUT2D eigenvalue weighted by Gasteiger charge is -2.08. The fraction of sp³-hybridized carbons (Fsp3) is 0. The summed E-state index contributed by atoms with van der Waals surface area (Å²) in [4.78, 5) is 20.2. The highest BCUT2D eigenvalue weighted by atomic mass is 16.1. The number of nitrogens with one attached hydrogen (secondary N) is 1. The Morgan fingerprint density at radius 2 is 1.24 bits per heavy atom. The first-order chi connectivity index (χ1) is 18.3. The van der Waals surface area contributed by atoms with Gasteiger partial charge in [-0.2, -0.15) is 4.98 Å². The average Bonchev–Trinajstić information content (AvgIpc) is 3.48. The van der Waals surface area contributed by atoms with Crippen molar-refractivity contribution in [3.8, 4) is 16.8 Å². The number of hydrogen-bond donors (Lipinski definition) is 1. The highest BCUT2D eigenvalue weighted by Crippen LogP contribution is 2.35. The first-order valence-corrected chi connectivity index (χ1v) is 12.3. The van der Waals surface area contributed by atoms with Gasteiger partial charge in [-0.3, -0.25) is 9.20 Å². The maximum atomic E-state index is 12.5. The molecule has 37 heavy (non-hydrogen) atoms. The molecule has 0 unspecified atom stereocenters. The Balaban J connectivity index is 1.39. The van der Waals surface area contributed by atoms with E-state index in [1.54, 1.807) is 0 Å². The van der Waals surface area contributed by atoms with Crippen molar-refractivity contribution in [1.82, 2.24) is 18.9 Å². The second-order valence-electron chi connectivity index (χ2n) is 9.37. The van der Waals surface area contributed by atoms with Crippen LogP contribution in [0, 0.1) is 0 Å². The number of benzene rings is 5. The van der Waals surface area contributed by atoms with E-state index in [0.29, 0.717) is 11.2 Å². The summed E-state index contributed by atoms with van der Waals surface area (Å²) in [5, 5.41) is 3.05. The molecule has 3 aromatic heterocycles. The highest BCUT2D eigenvalue weighted by molar-refractivity contribution is 6.10. The second-order valence-corrected chi connectivity index (χ2v) is 9.37. The SMILES string of the molecule is O=c1nc2[nH]c3ccc(-c4ccc5c(c4)c4ccccc4n5-c4ccccc4)cc3n2c2ccccc12. The number of H-pyrrole nitrogens is 1. The molecular formula is C32H20N4O. The zero-order chi connectivity index (χ0) is 24.5. The van der Waals surface area contributed by atoms with Gasteiger partial charge in [0.2, 0.25) is 5.78 Å². The van der Waals surface area contributed by atoms with Crippen molar-refractivity contribution >= 4 is 49.5 Å². The Kier molecular flexibility index (Phi) is 4.03. The van der Waals surface area contributed by atoms with Crippen molar-refractivity contribution in [3.63, 3.8) is 0 Å². The summed E-state index contributed by atoms with van der Waals surface area (Å²) < 4.78 is 4.36. The monoisotopic (exact) mass is 476 g/mol. The van der Waals surface area contributed by atoms with E-state index in [1.807, 2.05) is 34.7 Å². The molecule has 8 aromatic rings. The quantitative estimate of drug-likeness (QED) is 0.289. The lowest BCUT2D eigenvalue weighted by atomic mass is 10.0.